The summed E-state index contributed by atoms with van der Waals surface area (Å²) in [6, 6.07) is 12.7. The van der Waals surface area contributed by atoms with Gasteiger partial charge in [0.15, 0.2) is 0 Å². The van der Waals surface area contributed by atoms with Gasteiger partial charge in [-0.1, -0.05) is 88.5 Å². The molecule has 0 bridgehead atoms. The number of benzene rings is 1. The monoisotopic (exact) mass is 405 g/mol. The van der Waals surface area contributed by atoms with Crippen LogP contribution in [0.15, 0.2) is 52.8 Å². The molecule has 2 rings (SSSR count). The molecule has 1 aliphatic heterocycles. The van der Waals surface area contributed by atoms with Crippen molar-refractivity contribution in [3.05, 3.63) is 52.8 Å². The van der Waals surface area contributed by atoms with E-state index >= 15 is 0 Å². The summed E-state index contributed by atoms with van der Waals surface area (Å²) in [4.78, 5) is 14.8. The zero-order valence-corrected chi connectivity index (χ0v) is 18.8. The highest BCUT2D eigenvalue weighted by atomic mass is 35.5. The van der Waals surface area contributed by atoms with E-state index in [1.807, 2.05) is 24.3 Å². The fourth-order valence-electron chi connectivity index (χ4n) is 4.08. The number of hydrogen-bond acceptors (Lipinski definition) is 2. The Morgan fingerprint density at radius 1 is 1.11 bits per heavy atom. The Hall–Kier alpha value is -1.52. The van der Waals surface area contributed by atoms with Crippen LogP contribution >= 0.6 is 11.6 Å². The minimum atomic E-state index is -1.73. The number of carbonyl (C=O) groups is 1. The van der Waals surface area contributed by atoms with E-state index in [4.69, 9.17) is 16.3 Å². The summed E-state index contributed by atoms with van der Waals surface area (Å²) in [5, 5.41) is 2.18. The minimum Gasteiger partial charge on any atom is -0.410 e. The van der Waals surface area contributed by atoms with Crippen LogP contribution in [0.3, 0.4) is 0 Å². The first-order chi connectivity index (χ1) is 13.0. The number of rotatable bonds is 8. The molecule has 0 aromatic heterocycles. The van der Waals surface area contributed by atoms with Crippen LogP contribution in [0.5, 0.6) is 5.75 Å². The van der Waals surface area contributed by atoms with Crippen LogP contribution < -0.4 is 4.74 Å². The van der Waals surface area contributed by atoms with Crippen LogP contribution in [0.25, 0.3) is 0 Å². The van der Waals surface area contributed by atoms with Gasteiger partial charge >= 0.3 is 6.09 Å². The highest BCUT2D eigenvalue weighted by Gasteiger charge is 2.42. The maximum absolute atomic E-state index is 13.0. The summed E-state index contributed by atoms with van der Waals surface area (Å²) in [5.74, 6) is 0.567. The van der Waals surface area contributed by atoms with Gasteiger partial charge in [-0.2, -0.15) is 0 Å². The van der Waals surface area contributed by atoms with Gasteiger partial charge in [0.2, 0.25) is 0 Å². The molecular formula is C22H32ClNO2Si. The zero-order valence-electron chi connectivity index (χ0n) is 17.0. The second kappa shape index (κ2) is 10.1. The normalized spacial score (nSPS) is 17.4. The van der Waals surface area contributed by atoms with Crippen LogP contribution in [0.4, 0.5) is 4.79 Å². The molecule has 0 spiro atoms. The lowest BCUT2D eigenvalue weighted by Crippen LogP contribution is -2.50. The highest BCUT2D eigenvalue weighted by Crippen LogP contribution is 2.40. The van der Waals surface area contributed by atoms with Gasteiger partial charge in [-0.3, -0.25) is 4.90 Å². The van der Waals surface area contributed by atoms with E-state index in [1.54, 1.807) is 23.2 Å². The molecule has 3 nitrogen and oxygen atoms in total. The SMILES string of the molecule is CCCCC1C([Si](CC)(CC)CC)=C(Cl)C=CN1C(=O)Oc1ccccc1. The van der Waals surface area contributed by atoms with E-state index in [0.29, 0.717) is 5.75 Å². The number of allylic oxidation sites excluding steroid dienone is 2. The maximum Gasteiger partial charge on any atom is 0.419 e. The number of hydrogen-bond donors (Lipinski definition) is 0. The summed E-state index contributed by atoms with van der Waals surface area (Å²) in [6.07, 6.45) is 6.43. The number of para-hydroxylation sites is 1. The van der Waals surface area contributed by atoms with Crippen LogP contribution in [-0.4, -0.2) is 25.1 Å². The van der Waals surface area contributed by atoms with Crippen molar-refractivity contribution in [2.75, 3.05) is 0 Å². The first-order valence-electron chi connectivity index (χ1n) is 10.2. The van der Waals surface area contributed by atoms with Gasteiger partial charge in [0.1, 0.15) is 5.75 Å². The number of halogens is 1. The number of amides is 1. The van der Waals surface area contributed by atoms with Crippen LogP contribution in [0.1, 0.15) is 47.0 Å². The molecule has 1 atom stereocenters. The Balaban J connectivity index is 2.38. The third kappa shape index (κ3) is 4.85. The number of unbranched alkanes of at least 4 members (excludes halogenated alkanes) is 1. The van der Waals surface area contributed by atoms with Gasteiger partial charge in [-0.25, -0.2) is 4.79 Å². The van der Waals surface area contributed by atoms with E-state index in [1.165, 1.54) is 5.20 Å². The highest BCUT2D eigenvalue weighted by molar-refractivity contribution is 6.87. The molecule has 1 amide bonds. The van der Waals surface area contributed by atoms with Crippen LogP contribution in [0.2, 0.25) is 18.1 Å². The molecule has 148 valence electrons. The van der Waals surface area contributed by atoms with E-state index in [2.05, 4.69) is 27.7 Å². The van der Waals surface area contributed by atoms with Gasteiger partial charge in [-0.15, -0.1) is 0 Å². The van der Waals surface area contributed by atoms with E-state index in [-0.39, 0.29) is 12.1 Å². The second-order valence-corrected chi connectivity index (χ2v) is 12.8. The molecule has 0 saturated carbocycles. The molecule has 0 N–H and O–H groups in total. The molecule has 0 aliphatic carbocycles. The summed E-state index contributed by atoms with van der Waals surface area (Å²) < 4.78 is 5.65. The van der Waals surface area contributed by atoms with Gasteiger partial charge < -0.3 is 4.74 Å². The lowest BCUT2D eigenvalue weighted by atomic mass is 10.1. The summed E-state index contributed by atoms with van der Waals surface area (Å²) in [5.41, 5.74) is 0. The van der Waals surface area contributed by atoms with Crippen molar-refractivity contribution >= 4 is 25.8 Å². The predicted molar refractivity (Wildman–Crippen MR) is 117 cm³/mol. The Bertz CT molecular complexity index is 675. The summed E-state index contributed by atoms with van der Waals surface area (Å²) in [6.45, 7) is 9.01. The first kappa shape index (κ1) is 21.8. The summed E-state index contributed by atoms with van der Waals surface area (Å²) in [7, 11) is -1.73. The molecule has 1 aliphatic rings. The average molecular weight is 406 g/mol. The van der Waals surface area contributed by atoms with Crippen molar-refractivity contribution in [3.63, 3.8) is 0 Å². The number of nitrogens with zero attached hydrogens (tertiary/aromatic N) is 1. The fourth-order valence-corrected chi connectivity index (χ4v) is 9.08. The van der Waals surface area contributed by atoms with Gasteiger partial charge in [0.25, 0.3) is 0 Å². The third-order valence-electron chi connectivity index (χ3n) is 5.90. The lowest BCUT2D eigenvalue weighted by molar-refractivity contribution is 0.158. The van der Waals surface area contributed by atoms with Crippen molar-refractivity contribution in [1.82, 2.24) is 4.90 Å². The molecule has 0 saturated heterocycles. The standard InChI is InChI=1S/C22H32ClNO2Si/c1-5-9-15-20-21(27(6-2,7-3)8-4)19(23)16-17-24(20)22(25)26-18-13-11-10-12-14-18/h10-14,16-17,20H,5-9,15H2,1-4H3. The van der Waals surface area contributed by atoms with Crippen molar-refractivity contribution in [2.24, 2.45) is 0 Å². The molecule has 1 unspecified atom stereocenters. The Morgan fingerprint density at radius 2 is 1.74 bits per heavy atom. The first-order valence-corrected chi connectivity index (χ1v) is 13.2. The van der Waals surface area contributed by atoms with Crippen molar-refractivity contribution < 1.29 is 9.53 Å². The fraction of sp³-hybridized carbons (Fsp3) is 0.500. The number of ether oxygens (including phenoxy) is 1. The quantitative estimate of drug-likeness (QED) is 0.431. The maximum atomic E-state index is 13.0. The molecule has 1 heterocycles. The van der Waals surface area contributed by atoms with Crippen molar-refractivity contribution in [1.29, 1.82) is 0 Å². The molecule has 1 aromatic rings. The molecule has 5 heteroatoms. The number of carbonyl (C=O) groups excluding carboxylic acids is 1. The van der Waals surface area contributed by atoms with Gasteiger partial charge in [0, 0.05) is 11.2 Å². The topological polar surface area (TPSA) is 29.5 Å². The predicted octanol–water partition coefficient (Wildman–Crippen LogP) is 7.11. The Morgan fingerprint density at radius 3 is 2.30 bits per heavy atom. The zero-order chi connectivity index (χ0) is 19.9. The lowest BCUT2D eigenvalue weighted by Gasteiger charge is -2.42. The third-order valence-corrected chi connectivity index (χ3v) is 12.2. The molecule has 27 heavy (non-hydrogen) atoms. The molecular weight excluding hydrogens is 374 g/mol. The van der Waals surface area contributed by atoms with Crippen molar-refractivity contribution in [2.45, 2.75) is 71.1 Å². The van der Waals surface area contributed by atoms with E-state index in [0.717, 1.165) is 42.4 Å². The largest absolute Gasteiger partial charge is 0.419 e. The Labute approximate surface area is 170 Å². The van der Waals surface area contributed by atoms with E-state index < -0.39 is 8.07 Å². The van der Waals surface area contributed by atoms with E-state index in [9.17, 15) is 4.79 Å². The molecule has 0 radical (unpaired) electrons. The van der Waals surface area contributed by atoms with Crippen LogP contribution in [0, 0.1) is 0 Å². The van der Waals surface area contributed by atoms with Crippen molar-refractivity contribution in [3.8, 4) is 5.75 Å². The summed E-state index contributed by atoms with van der Waals surface area (Å²) >= 11 is 6.76. The second-order valence-electron chi connectivity index (χ2n) is 7.16. The minimum absolute atomic E-state index is 0.00480. The average Bonchev–Trinajstić information content (AvgIpc) is 2.70. The van der Waals surface area contributed by atoms with Gasteiger partial charge in [-0.05, 0) is 29.8 Å². The smallest absolute Gasteiger partial charge is 0.410 e. The van der Waals surface area contributed by atoms with Gasteiger partial charge in [0.05, 0.1) is 14.1 Å². The molecule has 1 aromatic carbocycles. The molecule has 0 fully saturated rings. The van der Waals surface area contributed by atoms with Crippen LogP contribution in [-0.2, 0) is 0 Å². The Kier molecular flexibility index (Phi) is 8.18.